The molecule has 0 rings (SSSR count). The fourth-order valence-electron chi connectivity index (χ4n) is 0.914. The summed E-state index contributed by atoms with van der Waals surface area (Å²) >= 11 is 0. The maximum Gasteiger partial charge on any atom is 0.322 e. The number of carbonyl (C=O) groups excluding carboxylic acids is 2. The van der Waals surface area contributed by atoms with Crippen LogP contribution in [-0.4, -0.2) is 53.1 Å². The van der Waals surface area contributed by atoms with Crippen molar-refractivity contribution in [2.75, 3.05) is 13.1 Å². The molecule has 0 heterocycles. The number of hydrogen-bond acceptors (Lipinski definition) is 5. The maximum absolute atomic E-state index is 11.2. The van der Waals surface area contributed by atoms with E-state index in [0.717, 1.165) is 0 Å². The Labute approximate surface area is 102 Å². The van der Waals surface area contributed by atoms with E-state index >= 15 is 0 Å². The predicted octanol–water partition coefficient (Wildman–Crippen LogP) is -2.50. The molecule has 0 aromatic heterocycles. The van der Waals surface area contributed by atoms with E-state index < -0.39 is 36.3 Å². The van der Waals surface area contributed by atoms with Crippen LogP contribution in [0.2, 0.25) is 0 Å². The lowest BCUT2D eigenvalue weighted by Gasteiger charge is -2.07. The summed E-state index contributed by atoms with van der Waals surface area (Å²) in [7, 11) is 0. The molecule has 6 N–H and O–H groups in total. The van der Waals surface area contributed by atoms with Crippen LogP contribution in [0.1, 0.15) is 12.8 Å². The zero-order valence-electron chi connectivity index (χ0n) is 9.51. The smallest absolute Gasteiger partial charge is 0.322 e. The van der Waals surface area contributed by atoms with E-state index in [1.54, 1.807) is 0 Å². The molecule has 2 amide bonds. The van der Waals surface area contributed by atoms with Crippen molar-refractivity contribution >= 4 is 23.8 Å². The van der Waals surface area contributed by atoms with E-state index in [-0.39, 0.29) is 19.4 Å². The molecule has 0 bridgehead atoms. The third kappa shape index (κ3) is 8.05. The Balaban J connectivity index is 3.73. The summed E-state index contributed by atoms with van der Waals surface area (Å²) in [4.78, 5) is 42.6. The van der Waals surface area contributed by atoms with E-state index in [9.17, 15) is 19.2 Å². The molecule has 0 radical (unpaired) electrons. The van der Waals surface area contributed by atoms with Gasteiger partial charge in [0.15, 0.2) is 0 Å². The molecule has 0 unspecified atom stereocenters. The van der Waals surface area contributed by atoms with Gasteiger partial charge >= 0.3 is 11.9 Å². The molecule has 1 atom stereocenters. The van der Waals surface area contributed by atoms with Crippen molar-refractivity contribution in [3.8, 4) is 0 Å². The fraction of sp³-hybridized carbons (Fsp3) is 0.556. The number of nitrogens with two attached hydrogens (primary N) is 1. The van der Waals surface area contributed by atoms with Crippen LogP contribution in [0.3, 0.4) is 0 Å². The quantitative estimate of drug-likeness (QED) is 0.323. The summed E-state index contributed by atoms with van der Waals surface area (Å²) in [6, 6.07) is -1.13. The molecule has 0 aromatic carbocycles. The number of rotatable bonds is 8. The normalized spacial score (nSPS) is 11.4. The number of carboxylic acids is 2. The van der Waals surface area contributed by atoms with Crippen LogP contribution < -0.4 is 16.4 Å². The van der Waals surface area contributed by atoms with Crippen LogP contribution in [0.15, 0.2) is 0 Å². The third-order valence-corrected chi connectivity index (χ3v) is 1.88. The largest absolute Gasteiger partial charge is 0.480 e. The first-order valence-corrected chi connectivity index (χ1v) is 5.06. The molecule has 9 heteroatoms. The fourth-order valence-corrected chi connectivity index (χ4v) is 0.914. The van der Waals surface area contributed by atoms with Crippen molar-refractivity contribution in [3.05, 3.63) is 0 Å². The first-order chi connectivity index (χ1) is 8.32. The van der Waals surface area contributed by atoms with Crippen LogP contribution in [0.25, 0.3) is 0 Å². The van der Waals surface area contributed by atoms with Gasteiger partial charge in [0.2, 0.25) is 11.8 Å². The van der Waals surface area contributed by atoms with Gasteiger partial charge in [-0.05, 0) is 6.42 Å². The second-order valence-electron chi connectivity index (χ2n) is 3.43. The van der Waals surface area contributed by atoms with Gasteiger partial charge in [-0.3, -0.25) is 19.2 Å². The van der Waals surface area contributed by atoms with Gasteiger partial charge in [-0.25, -0.2) is 0 Å². The minimum Gasteiger partial charge on any atom is -0.480 e. The lowest BCUT2D eigenvalue weighted by atomic mass is 10.1. The van der Waals surface area contributed by atoms with Crippen molar-refractivity contribution in [2.24, 2.45) is 5.73 Å². The first-order valence-electron chi connectivity index (χ1n) is 5.06. The highest BCUT2D eigenvalue weighted by atomic mass is 16.4. The number of aliphatic carboxylic acids is 2. The SMILES string of the molecule is N[C@@H](CCC(=O)NCC(=O)NCC(=O)O)C(=O)O. The summed E-state index contributed by atoms with van der Waals surface area (Å²) in [6.45, 7) is -0.896. The molecular formula is C9H15N3O6. The highest BCUT2D eigenvalue weighted by molar-refractivity contribution is 5.86. The van der Waals surface area contributed by atoms with Crippen molar-refractivity contribution in [3.63, 3.8) is 0 Å². The monoisotopic (exact) mass is 261 g/mol. The zero-order valence-corrected chi connectivity index (χ0v) is 9.51. The van der Waals surface area contributed by atoms with Gasteiger partial charge in [-0.2, -0.15) is 0 Å². The highest BCUT2D eigenvalue weighted by Crippen LogP contribution is 1.94. The first kappa shape index (κ1) is 15.8. The zero-order chi connectivity index (χ0) is 14.1. The topological polar surface area (TPSA) is 159 Å². The molecule has 0 aliphatic rings. The van der Waals surface area contributed by atoms with Gasteiger partial charge in [0.25, 0.3) is 0 Å². The Bertz CT molecular complexity index is 343. The molecule has 0 saturated heterocycles. The summed E-state index contributed by atoms with van der Waals surface area (Å²) in [5.74, 6) is -3.57. The predicted molar refractivity (Wildman–Crippen MR) is 58.5 cm³/mol. The molecule has 0 aliphatic carbocycles. The Morgan fingerprint density at radius 3 is 2.06 bits per heavy atom. The lowest BCUT2D eigenvalue weighted by molar-refractivity contribution is -0.139. The Morgan fingerprint density at radius 1 is 1.00 bits per heavy atom. The van der Waals surface area contributed by atoms with Gasteiger partial charge in [-0.1, -0.05) is 0 Å². The van der Waals surface area contributed by atoms with Crippen LogP contribution in [-0.2, 0) is 19.2 Å². The van der Waals surface area contributed by atoms with Crippen LogP contribution >= 0.6 is 0 Å². The van der Waals surface area contributed by atoms with Crippen molar-refractivity contribution < 1.29 is 29.4 Å². The number of hydrogen-bond donors (Lipinski definition) is 5. The average Bonchev–Trinajstić information content (AvgIpc) is 2.30. The molecule has 0 fully saturated rings. The second-order valence-corrected chi connectivity index (χ2v) is 3.43. The molecule has 0 saturated carbocycles. The molecular weight excluding hydrogens is 246 g/mol. The second kappa shape index (κ2) is 8.01. The van der Waals surface area contributed by atoms with Crippen molar-refractivity contribution in [1.82, 2.24) is 10.6 Å². The van der Waals surface area contributed by atoms with Gasteiger partial charge in [0.1, 0.15) is 12.6 Å². The van der Waals surface area contributed by atoms with E-state index in [4.69, 9.17) is 15.9 Å². The van der Waals surface area contributed by atoms with E-state index in [0.29, 0.717) is 0 Å². The average molecular weight is 261 g/mol. The van der Waals surface area contributed by atoms with Crippen LogP contribution in [0.5, 0.6) is 0 Å². The van der Waals surface area contributed by atoms with E-state index in [1.807, 2.05) is 5.32 Å². The standard InChI is InChI=1S/C9H15N3O6/c10-5(9(17)18)1-2-6(13)11-3-7(14)12-4-8(15)16/h5H,1-4,10H2,(H,11,13)(H,12,14)(H,15,16)(H,17,18)/t5-/m0/s1. The Hall–Kier alpha value is -2.16. The minimum atomic E-state index is -1.21. The number of carboxylic acid groups (broad SMARTS) is 2. The summed E-state index contributed by atoms with van der Waals surface area (Å²) in [6.07, 6.45) is -0.169. The molecule has 0 aliphatic heterocycles. The van der Waals surface area contributed by atoms with Crippen LogP contribution in [0.4, 0.5) is 0 Å². The summed E-state index contributed by atoms with van der Waals surface area (Å²) < 4.78 is 0. The molecule has 0 aromatic rings. The third-order valence-electron chi connectivity index (χ3n) is 1.88. The number of amides is 2. The van der Waals surface area contributed by atoms with Crippen LogP contribution in [0, 0.1) is 0 Å². The Kier molecular flexibility index (Phi) is 7.05. The lowest BCUT2D eigenvalue weighted by Crippen LogP contribution is -2.39. The number of carbonyl (C=O) groups is 4. The van der Waals surface area contributed by atoms with E-state index in [2.05, 4.69) is 5.32 Å². The molecule has 102 valence electrons. The van der Waals surface area contributed by atoms with Gasteiger partial charge in [0.05, 0.1) is 6.54 Å². The van der Waals surface area contributed by atoms with E-state index in [1.165, 1.54) is 0 Å². The minimum absolute atomic E-state index is 0.0437. The summed E-state index contributed by atoms with van der Waals surface area (Å²) in [5.41, 5.74) is 5.18. The van der Waals surface area contributed by atoms with Gasteiger partial charge < -0.3 is 26.6 Å². The maximum atomic E-state index is 11.2. The van der Waals surface area contributed by atoms with Gasteiger partial charge in [0, 0.05) is 6.42 Å². The molecule has 9 nitrogen and oxygen atoms in total. The Morgan fingerprint density at radius 2 is 1.56 bits per heavy atom. The van der Waals surface area contributed by atoms with Gasteiger partial charge in [-0.15, -0.1) is 0 Å². The number of nitrogens with one attached hydrogen (secondary N) is 2. The van der Waals surface area contributed by atoms with Crippen molar-refractivity contribution in [2.45, 2.75) is 18.9 Å². The highest BCUT2D eigenvalue weighted by Gasteiger charge is 2.13. The van der Waals surface area contributed by atoms with Crippen molar-refractivity contribution in [1.29, 1.82) is 0 Å². The molecule has 18 heavy (non-hydrogen) atoms. The molecule has 0 spiro atoms. The summed E-state index contributed by atoms with van der Waals surface area (Å²) in [5, 5.41) is 21.0.